The van der Waals surface area contributed by atoms with Crippen LogP contribution in [0.15, 0.2) is 24.3 Å². The Kier molecular flexibility index (Phi) is 4.49. The maximum absolute atomic E-state index is 11.8. The SMILES string of the molecule is CC(=O)N[C@H]1C=CC2[C@@H](C)N(C)CC[C@@]23c2c(C)ccc(OC(C)=O)c2O[C@@H]13. The number of piperidine rings is 1. The Morgan fingerprint density at radius 3 is 2.71 bits per heavy atom. The minimum Gasteiger partial charge on any atom is -0.483 e. The molecule has 1 amide bonds. The van der Waals surface area contributed by atoms with Gasteiger partial charge in [0, 0.05) is 36.8 Å². The van der Waals surface area contributed by atoms with Crippen molar-refractivity contribution in [3.63, 3.8) is 0 Å². The highest BCUT2D eigenvalue weighted by Gasteiger charge is 2.61. The van der Waals surface area contributed by atoms with E-state index in [0.29, 0.717) is 17.5 Å². The van der Waals surface area contributed by atoms with Crippen LogP contribution in [0, 0.1) is 12.8 Å². The molecule has 150 valence electrons. The van der Waals surface area contributed by atoms with Crippen LogP contribution in [0.3, 0.4) is 0 Å². The average molecular weight is 384 g/mol. The summed E-state index contributed by atoms with van der Waals surface area (Å²) < 4.78 is 12.0. The third-order valence-corrected chi connectivity index (χ3v) is 6.71. The molecule has 0 radical (unpaired) electrons. The number of amides is 1. The first kappa shape index (κ1) is 19.0. The number of fused-ring (bicyclic) bond motifs is 1. The standard InChI is InChI=1S/C22H28N2O4/c1-12-6-9-18(27-15(4)26)20-19(12)22-10-11-24(5)13(2)16(22)7-8-17(21(22)28-20)23-14(3)25/h6-9,13,16-17,21H,10-11H2,1-5H3,(H,23,25)/t13-,16?,17+,21+,22+/m1/s1. The van der Waals surface area contributed by atoms with Crippen LogP contribution in [0.25, 0.3) is 0 Å². The molecule has 0 bridgehead atoms. The predicted molar refractivity (Wildman–Crippen MR) is 106 cm³/mol. The molecule has 1 N–H and O–H groups in total. The highest BCUT2D eigenvalue weighted by molar-refractivity contribution is 5.74. The van der Waals surface area contributed by atoms with E-state index >= 15 is 0 Å². The first-order chi connectivity index (χ1) is 13.3. The number of benzene rings is 1. The van der Waals surface area contributed by atoms with Crippen molar-refractivity contribution < 1.29 is 19.1 Å². The Morgan fingerprint density at radius 2 is 2.04 bits per heavy atom. The Bertz CT molecular complexity index is 864. The highest BCUT2D eigenvalue weighted by atomic mass is 16.6. The topological polar surface area (TPSA) is 67.9 Å². The molecule has 1 aromatic carbocycles. The molecule has 6 heteroatoms. The van der Waals surface area contributed by atoms with Crippen LogP contribution in [0.2, 0.25) is 0 Å². The zero-order valence-electron chi connectivity index (χ0n) is 17.1. The molecule has 0 saturated carbocycles. The molecule has 6 nitrogen and oxygen atoms in total. The zero-order valence-corrected chi connectivity index (χ0v) is 17.1. The quantitative estimate of drug-likeness (QED) is 0.482. The number of hydrogen-bond donors (Lipinski definition) is 1. The number of ether oxygens (including phenoxy) is 2. The Labute approximate surface area is 165 Å². The lowest BCUT2D eigenvalue weighted by Gasteiger charge is -2.53. The molecule has 1 spiro atoms. The number of nitrogens with zero attached hydrogens (tertiary/aromatic N) is 1. The second kappa shape index (κ2) is 6.62. The molecule has 1 saturated heterocycles. The van der Waals surface area contributed by atoms with E-state index in [9.17, 15) is 9.59 Å². The molecule has 28 heavy (non-hydrogen) atoms. The summed E-state index contributed by atoms with van der Waals surface area (Å²) in [6, 6.07) is 3.92. The monoisotopic (exact) mass is 384 g/mol. The van der Waals surface area contributed by atoms with Crippen molar-refractivity contribution in [2.75, 3.05) is 13.6 Å². The van der Waals surface area contributed by atoms with Gasteiger partial charge in [-0.2, -0.15) is 0 Å². The second-order valence-electron chi connectivity index (χ2n) is 8.37. The summed E-state index contributed by atoms with van der Waals surface area (Å²) in [4.78, 5) is 25.9. The number of hydrogen-bond acceptors (Lipinski definition) is 5. The lowest BCUT2D eigenvalue weighted by atomic mass is 9.57. The van der Waals surface area contributed by atoms with Gasteiger partial charge in [-0.3, -0.25) is 9.59 Å². The molecule has 1 aliphatic carbocycles. The van der Waals surface area contributed by atoms with Gasteiger partial charge in [-0.1, -0.05) is 18.2 Å². The van der Waals surface area contributed by atoms with E-state index in [0.717, 1.165) is 24.1 Å². The number of carbonyl (C=O) groups is 2. The lowest BCUT2D eigenvalue weighted by molar-refractivity contribution is -0.132. The normalized spacial score (nSPS) is 33.3. The largest absolute Gasteiger partial charge is 0.483 e. The van der Waals surface area contributed by atoms with Crippen molar-refractivity contribution in [3.05, 3.63) is 35.4 Å². The van der Waals surface area contributed by atoms with E-state index in [1.54, 1.807) is 6.07 Å². The van der Waals surface area contributed by atoms with Crippen LogP contribution in [0.1, 0.15) is 38.3 Å². The number of likely N-dealkylation sites (tertiary alicyclic amines) is 1. The fourth-order valence-electron chi connectivity index (χ4n) is 5.45. The Morgan fingerprint density at radius 1 is 1.29 bits per heavy atom. The maximum atomic E-state index is 11.8. The van der Waals surface area contributed by atoms with Crippen LogP contribution in [0.4, 0.5) is 0 Å². The van der Waals surface area contributed by atoms with E-state index in [2.05, 4.69) is 43.3 Å². The van der Waals surface area contributed by atoms with Gasteiger partial charge in [-0.15, -0.1) is 0 Å². The molecular weight excluding hydrogens is 356 g/mol. The molecule has 4 rings (SSSR count). The van der Waals surface area contributed by atoms with E-state index in [1.807, 2.05) is 6.07 Å². The fraction of sp³-hybridized carbons (Fsp3) is 0.545. The van der Waals surface area contributed by atoms with Crippen molar-refractivity contribution in [2.24, 2.45) is 5.92 Å². The van der Waals surface area contributed by atoms with Gasteiger partial charge in [0.25, 0.3) is 0 Å². The molecule has 5 atom stereocenters. The van der Waals surface area contributed by atoms with Gasteiger partial charge in [0.15, 0.2) is 11.5 Å². The number of nitrogens with one attached hydrogen (secondary N) is 1. The minimum atomic E-state index is -0.369. The third-order valence-electron chi connectivity index (χ3n) is 6.71. The van der Waals surface area contributed by atoms with Crippen molar-refractivity contribution in [1.82, 2.24) is 10.2 Å². The van der Waals surface area contributed by atoms with Gasteiger partial charge in [-0.25, -0.2) is 0 Å². The van der Waals surface area contributed by atoms with Gasteiger partial charge >= 0.3 is 5.97 Å². The van der Waals surface area contributed by atoms with E-state index in [4.69, 9.17) is 9.47 Å². The van der Waals surface area contributed by atoms with E-state index < -0.39 is 0 Å². The Hall–Kier alpha value is -2.34. The predicted octanol–water partition coefficient (Wildman–Crippen LogP) is 2.33. The van der Waals surface area contributed by atoms with Crippen molar-refractivity contribution in [2.45, 2.75) is 57.7 Å². The van der Waals surface area contributed by atoms with Crippen LogP contribution in [0.5, 0.6) is 11.5 Å². The number of aryl methyl sites for hydroxylation is 1. The summed E-state index contributed by atoms with van der Waals surface area (Å²) in [5.74, 6) is 0.908. The zero-order chi connectivity index (χ0) is 20.2. The average Bonchev–Trinajstić information content (AvgIpc) is 2.97. The van der Waals surface area contributed by atoms with Crippen molar-refractivity contribution >= 4 is 11.9 Å². The smallest absolute Gasteiger partial charge is 0.308 e. The summed E-state index contributed by atoms with van der Waals surface area (Å²) in [5.41, 5.74) is 2.00. The molecule has 1 fully saturated rings. The molecule has 1 aromatic rings. The number of esters is 1. The Balaban J connectivity index is 1.91. The first-order valence-corrected chi connectivity index (χ1v) is 9.90. The van der Waals surface area contributed by atoms with Crippen LogP contribution < -0.4 is 14.8 Å². The molecule has 0 aromatic heterocycles. The highest BCUT2D eigenvalue weighted by Crippen LogP contribution is 2.59. The van der Waals surface area contributed by atoms with Gasteiger partial charge < -0.3 is 19.7 Å². The summed E-state index contributed by atoms with van der Waals surface area (Å²) in [5, 5.41) is 3.05. The summed E-state index contributed by atoms with van der Waals surface area (Å²) in [6.45, 7) is 8.20. The number of carbonyl (C=O) groups excluding carboxylic acids is 2. The van der Waals surface area contributed by atoms with E-state index in [1.165, 1.54) is 13.8 Å². The summed E-state index contributed by atoms with van der Waals surface area (Å²) in [7, 11) is 2.15. The number of rotatable bonds is 2. The fourth-order valence-corrected chi connectivity index (χ4v) is 5.45. The molecular formula is C22H28N2O4. The van der Waals surface area contributed by atoms with Crippen LogP contribution in [-0.2, 0) is 15.0 Å². The first-order valence-electron chi connectivity index (χ1n) is 9.90. The van der Waals surface area contributed by atoms with Crippen molar-refractivity contribution in [1.29, 1.82) is 0 Å². The van der Waals surface area contributed by atoms with Gasteiger partial charge in [0.1, 0.15) is 6.10 Å². The molecule has 3 aliphatic rings. The van der Waals surface area contributed by atoms with E-state index in [-0.39, 0.29) is 35.4 Å². The molecule has 2 aliphatic heterocycles. The van der Waals surface area contributed by atoms with Gasteiger partial charge in [0.05, 0.1) is 6.04 Å². The summed E-state index contributed by atoms with van der Waals surface area (Å²) in [6.07, 6.45) is 5.00. The van der Waals surface area contributed by atoms with Crippen LogP contribution >= 0.6 is 0 Å². The molecule has 1 unspecified atom stereocenters. The maximum Gasteiger partial charge on any atom is 0.308 e. The summed E-state index contributed by atoms with van der Waals surface area (Å²) >= 11 is 0. The third kappa shape index (κ3) is 2.65. The second-order valence-corrected chi connectivity index (χ2v) is 8.37. The van der Waals surface area contributed by atoms with Crippen molar-refractivity contribution in [3.8, 4) is 11.5 Å². The minimum absolute atomic E-state index is 0.0827. The van der Waals surface area contributed by atoms with Crippen LogP contribution in [-0.4, -0.2) is 48.6 Å². The molecule has 2 heterocycles. The lowest BCUT2D eigenvalue weighted by Crippen LogP contribution is -2.64. The van der Waals surface area contributed by atoms with Gasteiger partial charge in [-0.05, 0) is 45.5 Å². The van der Waals surface area contributed by atoms with Gasteiger partial charge in [0.2, 0.25) is 5.91 Å².